The summed E-state index contributed by atoms with van der Waals surface area (Å²) in [5.41, 5.74) is -0.0687. The summed E-state index contributed by atoms with van der Waals surface area (Å²) in [6, 6.07) is 0. The molecular weight excluding hydrogens is 166 g/mol. The second kappa shape index (κ2) is 7.30. The predicted molar refractivity (Wildman–Crippen MR) is 54.9 cm³/mol. The van der Waals surface area contributed by atoms with Crippen LogP contribution in [0.4, 0.5) is 0 Å². The van der Waals surface area contributed by atoms with Crippen molar-refractivity contribution >= 4 is 0 Å². The van der Waals surface area contributed by atoms with Crippen LogP contribution in [0.15, 0.2) is 0 Å². The van der Waals surface area contributed by atoms with Gasteiger partial charge in [-0.1, -0.05) is 6.92 Å². The fraction of sp³-hybridized carbons (Fsp3) is 1.00. The fourth-order valence-corrected chi connectivity index (χ4v) is 1.21. The standard InChI is InChI=1S/C10H23NO2/c1-4-7-11-10(3,6-8-12)9-13-5-2/h11-12H,4-9H2,1-3H3. The maximum absolute atomic E-state index is 8.90. The SMILES string of the molecule is CCCNC(C)(CCO)COCC. The van der Waals surface area contributed by atoms with Crippen LogP contribution in [0.5, 0.6) is 0 Å². The highest BCUT2D eigenvalue weighted by Gasteiger charge is 2.22. The topological polar surface area (TPSA) is 41.5 Å². The number of rotatable bonds is 8. The summed E-state index contributed by atoms with van der Waals surface area (Å²) in [5.74, 6) is 0. The Balaban J connectivity index is 3.84. The second-order valence-electron chi connectivity index (χ2n) is 3.60. The fourth-order valence-electron chi connectivity index (χ4n) is 1.21. The highest BCUT2D eigenvalue weighted by Crippen LogP contribution is 2.09. The molecule has 0 radical (unpaired) electrons. The van der Waals surface area contributed by atoms with E-state index in [2.05, 4.69) is 19.2 Å². The third-order valence-corrected chi connectivity index (χ3v) is 2.09. The number of aliphatic hydroxyl groups excluding tert-OH is 1. The van der Waals surface area contributed by atoms with Crippen LogP contribution in [-0.4, -0.2) is 37.0 Å². The van der Waals surface area contributed by atoms with Crippen LogP contribution in [0, 0.1) is 0 Å². The molecule has 13 heavy (non-hydrogen) atoms. The molecule has 2 N–H and O–H groups in total. The van der Waals surface area contributed by atoms with E-state index in [1.807, 2.05) is 6.92 Å². The summed E-state index contributed by atoms with van der Waals surface area (Å²) in [7, 11) is 0. The van der Waals surface area contributed by atoms with Crippen molar-refractivity contribution in [3.63, 3.8) is 0 Å². The lowest BCUT2D eigenvalue weighted by atomic mass is 9.99. The molecule has 0 fully saturated rings. The van der Waals surface area contributed by atoms with Crippen molar-refractivity contribution in [2.45, 2.75) is 39.2 Å². The molecule has 0 aliphatic carbocycles. The van der Waals surface area contributed by atoms with E-state index < -0.39 is 0 Å². The molecule has 80 valence electrons. The zero-order valence-electron chi connectivity index (χ0n) is 9.10. The summed E-state index contributed by atoms with van der Waals surface area (Å²) in [4.78, 5) is 0. The number of ether oxygens (including phenoxy) is 1. The first-order valence-corrected chi connectivity index (χ1v) is 5.12. The van der Waals surface area contributed by atoms with Gasteiger partial charge in [0.2, 0.25) is 0 Å². The zero-order valence-corrected chi connectivity index (χ0v) is 9.10. The van der Waals surface area contributed by atoms with Gasteiger partial charge in [-0.3, -0.25) is 0 Å². The molecule has 0 bridgehead atoms. The Labute approximate surface area is 81.5 Å². The normalized spacial score (nSPS) is 15.7. The lowest BCUT2D eigenvalue weighted by Gasteiger charge is -2.30. The Bertz CT molecular complexity index is 109. The van der Waals surface area contributed by atoms with E-state index in [1.54, 1.807) is 0 Å². The Morgan fingerprint density at radius 3 is 2.54 bits per heavy atom. The molecule has 3 heteroatoms. The van der Waals surface area contributed by atoms with Gasteiger partial charge < -0.3 is 15.2 Å². The summed E-state index contributed by atoms with van der Waals surface area (Å²) >= 11 is 0. The van der Waals surface area contributed by atoms with Crippen molar-refractivity contribution < 1.29 is 9.84 Å². The Morgan fingerprint density at radius 2 is 2.08 bits per heavy atom. The summed E-state index contributed by atoms with van der Waals surface area (Å²) in [5, 5.41) is 12.3. The van der Waals surface area contributed by atoms with Crippen molar-refractivity contribution in [3.05, 3.63) is 0 Å². The van der Waals surface area contributed by atoms with Crippen molar-refractivity contribution in [1.82, 2.24) is 5.32 Å². The van der Waals surface area contributed by atoms with E-state index in [1.165, 1.54) is 0 Å². The Kier molecular flexibility index (Phi) is 7.23. The molecule has 0 aromatic rings. The van der Waals surface area contributed by atoms with Crippen molar-refractivity contribution in [1.29, 1.82) is 0 Å². The molecule has 0 rings (SSSR count). The third-order valence-electron chi connectivity index (χ3n) is 2.09. The molecule has 0 heterocycles. The first-order chi connectivity index (χ1) is 6.18. The van der Waals surface area contributed by atoms with Crippen LogP contribution in [-0.2, 0) is 4.74 Å². The molecule has 0 saturated heterocycles. The van der Waals surface area contributed by atoms with Crippen molar-refractivity contribution in [2.24, 2.45) is 0 Å². The lowest BCUT2D eigenvalue weighted by Crippen LogP contribution is -2.47. The maximum Gasteiger partial charge on any atom is 0.0646 e. The quantitative estimate of drug-likeness (QED) is 0.602. The van der Waals surface area contributed by atoms with E-state index in [4.69, 9.17) is 9.84 Å². The van der Waals surface area contributed by atoms with Crippen LogP contribution in [0.3, 0.4) is 0 Å². The van der Waals surface area contributed by atoms with Crippen molar-refractivity contribution in [3.8, 4) is 0 Å². The van der Waals surface area contributed by atoms with Gasteiger partial charge >= 0.3 is 0 Å². The Morgan fingerprint density at radius 1 is 1.38 bits per heavy atom. The van der Waals surface area contributed by atoms with Gasteiger partial charge in [0.15, 0.2) is 0 Å². The molecule has 0 amide bonds. The molecule has 1 atom stereocenters. The average Bonchev–Trinajstić information content (AvgIpc) is 2.12. The van der Waals surface area contributed by atoms with Gasteiger partial charge in [0.05, 0.1) is 6.61 Å². The molecular formula is C10H23NO2. The Hall–Kier alpha value is -0.120. The molecule has 0 saturated carbocycles. The minimum Gasteiger partial charge on any atom is -0.396 e. The summed E-state index contributed by atoms with van der Waals surface area (Å²) in [6.45, 7) is 8.80. The molecule has 1 unspecified atom stereocenters. The maximum atomic E-state index is 8.90. The van der Waals surface area contributed by atoms with E-state index >= 15 is 0 Å². The first-order valence-electron chi connectivity index (χ1n) is 5.12. The van der Waals surface area contributed by atoms with Gasteiger partial charge in [0, 0.05) is 18.8 Å². The number of hydrogen-bond acceptors (Lipinski definition) is 3. The largest absolute Gasteiger partial charge is 0.396 e. The van der Waals surface area contributed by atoms with E-state index in [9.17, 15) is 0 Å². The molecule has 0 aliphatic rings. The van der Waals surface area contributed by atoms with Gasteiger partial charge in [-0.2, -0.15) is 0 Å². The average molecular weight is 189 g/mol. The van der Waals surface area contributed by atoms with Crippen LogP contribution in [0.2, 0.25) is 0 Å². The zero-order chi connectivity index (χ0) is 10.2. The minimum absolute atomic E-state index is 0.0687. The molecule has 0 aromatic heterocycles. The highest BCUT2D eigenvalue weighted by molar-refractivity contribution is 4.82. The first kappa shape index (κ1) is 12.9. The van der Waals surface area contributed by atoms with Crippen LogP contribution >= 0.6 is 0 Å². The number of nitrogens with one attached hydrogen (secondary N) is 1. The van der Waals surface area contributed by atoms with Gasteiger partial charge in [0.1, 0.15) is 0 Å². The summed E-state index contributed by atoms with van der Waals surface area (Å²) < 4.78 is 5.37. The van der Waals surface area contributed by atoms with Gasteiger partial charge in [-0.25, -0.2) is 0 Å². The van der Waals surface area contributed by atoms with Crippen molar-refractivity contribution in [2.75, 3.05) is 26.4 Å². The van der Waals surface area contributed by atoms with Gasteiger partial charge in [-0.05, 0) is 33.2 Å². The predicted octanol–water partition coefficient (Wildman–Crippen LogP) is 1.16. The minimum atomic E-state index is -0.0687. The summed E-state index contributed by atoms with van der Waals surface area (Å²) in [6.07, 6.45) is 1.85. The third kappa shape index (κ3) is 6.02. The van der Waals surface area contributed by atoms with E-state index in [-0.39, 0.29) is 12.1 Å². The van der Waals surface area contributed by atoms with Crippen LogP contribution < -0.4 is 5.32 Å². The smallest absolute Gasteiger partial charge is 0.0646 e. The molecule has 0 aromatic carbocycles. The molecule has 0 spiro atoms. The lowest BCUT2D eigenvalue weighted by molar-refractivity contribution is 0.0699. The van der Waals surface area contributed by atoms with Crippen LogP contribution in [0.1, 0.15) is 33.6 Å². The second-order valence-corrected chi connectivity index (χ2v) is 3.60. The number of aliphatic hydroxyl groups is 1. The molecule has 0 aliphatic heterocycles. The van der Waals surface area contributed by atoms with Gasteiger partial charge in [-0.15, -0.1) is 0 Å². The van der Waals surface area contributed by atoms with Crippen LogP contribution in [0.25, 0.3) is 0 Å². The van der Waals surface area contributed by atoms with E-state index in [0.717, 1.165) is 26.0 Å². The number of hydrogen-bond donors (Lipinski definition) is 2. The molecule has 3 nitrogen and oxygen atoms in total. The van der Waals surface area contributed by atoms with Gasteiger partial charge in [0.25, 0.3) is 0 Å². The van der Waals surface area contributed by atoms with E-state index in [0.29, 0.717) is 6.61 Å². The monoisotopic (exact) mass is 189 g/mol. The highest BCUT2D eigenvalue weighted by atomic mass is 16.5.